The van der Waals surface area contributed by atoms with E-state index in [0.29, 0.717) is 13.0 Å². The molecule has 20 heavy (non-hydrogen) atoms. The third-order valence-corrected chi connectivity index (χ3v) is 2.05. The maximum Gasteiger partial charge on any atom is 0.335 e. The first-order chi connectivity index (χ1) is 9.33. The molecule has 0 unspecified atom stereocenters. The standard InChI is InChI=1S/C7H6O5.C5H10O3/c8-4-1-3(7(11)12)2-5(9)6(4)10;1-7-4-3-5(6)8-2/h1-2,8-10H,(H,11,12);3-4H2,1-2H3. The van der Waals surface area contributed by atoms with Gasteiger partial charge in [-0.05, 0) is 12.1 Å². The van der Waals surface area contributed by atoms with E-state index in [1.54, 1.807) is 7.11 Å². The molecule has 112 valence electrons. The minimum Gasteiger partial charge on any atom is -0.504 e. The topological polar surface area (TPSA) is 134 Å². The van der Waals surface area contributed by atoms with Gasteiger partial charge in [-0.3, -0.25) is 4.79 Å². The SMILES string of the molecule is COCCC(=O)OC.O=C(O)c1cc(O)c(O)c(O)c1. The number of ether oxygens (including phenoxy) is 2. The van der Waals surface area contributed by atoms with E-state index in [-0.39, 0.29) is 11.5 Å². The summed E-state index contributed by atoms with van der Waals surface area (Å²) < 4.78 is 8.95. The molecule has 0 atom stereocenters. The summed E-state index contributed by atoms with van der Waals surface area (Å²) in [5.41, 5.74) is -0.289. The zero-order valence-corrected chi connectivity index (χ0v) is 11.0. The van der Waals surface area contributed by atoms with Gasteiger partial charge in [0, 0.05) is 7.11 Å². The molecule has 0 aromatic heterocycles. The molecule has 0 aliphatic carbocycles. The molecule has 4 N–H and O–H groups in total. The second-order valence-corrected chi connectivity index (χ2v) is 3.49. The number of aromatic hydroxyl groups is 3. The summed E-state index contributed by atoms with van der Waals surface area (Å²) in [6.07, 6.45) is 0.340. The second kappa shape index (κ2) is 8.59. The zero-order chi connectivity index (χ0) is 15.7. The average molecular weight is 288 g/mol. The van der Waals surface area contributed by atoms with E-state index >= 15 is 0 Å². The van der Waals surface area contributed by atoms with Crippen LogP contribution in [0.4, 0.5) is 0 Å². The summed E-state index contributed by atoms with van der Waals surface area (Å²) >= 11 is 0. The summed E-state index contributed by atoms with van der Waals surface area (Å²) in [7, 11) is 2.90. The lowest BCUT2D eigenvalue weighted by Gasteiger charge is -2.01. The first-order valence-electron chi connectivity index (χ1n) is 5.37. The molecule has 0 heterocycles. The van der Waals surface area contributed by atoms with Crippen LogP contribution in [0.3, 0.4) is 0 Å². The van der Waals surface area contributed by atoms with Gasteiger partial charge in [0.15, 0.2) is 17.2 Å². The van der Waals surface area contributed by atoms with E-state index in [9.17, 15) is 9.59 Å². The maximum atomic E-state index is 10.3. The summed E-state index contributed by atoms with van der Waals surface area (Å²) in [5.74, 6) is -3.56. The number of esters is 1. The monoisotopic (exact) mass is 288 g/mol. The van der Waals surface area contributed by atoms with E-state index in [0.717, 1.165) is 12.1 Å². The van der Waals surface area contributed by atoms with Crippen LogP contribution in [0.25, 0.3) is 0 Å². The predicted molar refractivity (Wildman–Crippen MR) is 66.9 cm³/mol. The molecule has 0 amide bonds. The number of methoxy groups -OCH3 is 2. The first-order valence-corrected chi connectivity index (χ1v) is 5.37. The van der Waals surface area contributed by atoms with Crippen LogP contribution >= 0.6 is 0 Å². The lowest BCUT2D eigenvalue weighted by atomic mass is 10.2. The molecule has 0 aliphatic rings. The highest BCUT2D eigenvalue weighted by molar-refractivity contribution is 5.89. The highest BCUT2D eigenvalue weighted by Gasteiger charge is 2.11. The highest BCUT2D eigenvalue weighted by atomic mass is 16.5. The van der Waals surface area contributed by atoms with Crippen molar-refractivity contribution >= 4 is 11.9 Å². The Morgan fingerprint density at radius 3 is 1.95 bits per heavy atom. The fourth-order valence-corrected chi connectivity index (χ4v) is 1.02. The zero-order valence-electron chi connectivity index (χ0n) is 11.0. The van der Waals surface area contributed by atoms with Crippen molar-refractivity contribution in [2.75, 3.05) is 20.8 Å². The molecule has 8 heteroatoms. The molecular weight excluding hydrogens is 272 g/mol. The summed E-state index contributed by atoms with van der Waals surface area (Å²) in [5, 5.41) is 35.0. The Morgan fingerprint density at radius 2 is 1.60 bits per heavy atom. The van der Waals surface area contributed by atoms with Gasteiger partial charge in [-0.25, -0.2) is 4.79 Å². The van der Waals surface area contributed by atoms with E-state index in [4.69, 9.17) is 20.4 Å². The number of aromatic carboxylic acids is 1. The van der Waals surface area contributed by atoms with E-state index < -0.39 is 23.2 Å². The van der Waals surface area contributed by atoms with Gasteiger partial charge in [-0.1, -0.05) is 0 Å². The van der Waals surface area contributed by atoms with Crippen molar-refractivity contribution in [2.24, 2.45) is 0 Å². The maximum absolute atomic E-state index is 10.3. The van der Waals surface area contributed by atoms with Crippen LogP contribution < -0.4 is 0 Å². The fraction of sp³-hybridized carbons (Fsp3) is 0.333. The Labute approximate surface area is 114 Å². The van der Waals surface area contributed by atoms with Gasteiger partial charge < -0.3 is 29.9 Å². The molecular formula is C12H16O8. The van der Waals surface area contributed by atoms with Crippen LogP contribution in [0.2, 0.25) is 0 Å². The quantitative estimate of drug-likeness (QED) is 0.470. The Hall–Kier alpha value is -2.48. The molecule has 0 saturated heterocycles. The number of carboxylic acid groups (broad SMARTS) is 1. The predicted octanol–water partition coefficient (Wildman–Crippen LogP) is 0.697. The largest absolute Gasteiger partial charge is 0.504 e. The van der Waals surface area contributed by atoms with Crippen LogP contribution in [0.5, 0.6) is 17.2 Å². The van der Waals surface area contributed by atoms with Crippen LogP contribution in [0, 0.1) is 0 Å². The van der Waals surface area contributed by atoms with Crippen molar-refractivity contribution in [3.05, 3.63) is 17.7 Å². The number of phenolic OH excluding ortho intramolecular Hbond substituents is 3. The Kier molecular flexibility index (Phi) is 7.53. The molecule has 0 bridgehead atoms. The molecule has 0 saturated carbocycles. The molecule has 8 nitrogen and oxygen atoms in total. The smallest absolute Gasteiger partial charge is 0.335 e. The van der Waals surface area contributed by atoms with Gasteiger partial charge >= 0.3 is 11.9 Å². The number of rotatable bonds is 4. The minimum absolute atomic E-state index is 0.230. The average Bonchev–Trinajstić information content (AvgIpc) is 2.42. The number of hydrogen-bond acceptors (Lipinski definition) is 7. The highest BCUT2D eigenvalue weighted by Crippen LogP contribution is 2.35. The van der Waals surface area contributed by atoms with Gasteiger partial charge in [0.05, 0.1) is 25.7 Å². The molecule has 0 aliphatic heterocycles. The van der Waals surface area contributed by atoms with E-state index in [1.807, 2.05) is 0 Å². The first kappa shape index (κ1) is 17.5. The van der Waals surface area contributed by atoms with E-state index in [2.05, 4.69) is 9.47 Å². The molecule has 1 aromatic rings. The minimum atomic E-state index is -1.29. The Balaban J connectivity index is 0.000000396. The normalized spacial score (nSPS) is 9.30. The molecule has 0 spiro atoms. The van der Waals surface area contributed by atoms with Gasteiger partial charge in [0.2, 0.25) is 0 Å². The Bertz CT molecular complexity index is 446. The lowest BCUT2D eigenvalue weighted by molar-refractivity contribution is -0.141. The van der Waals surface area contributed by atoms with Crippen molar-refractivity contribution in [1.29, 1.82) is 0 Å². The number of hydrogen-bond donors (Lipinski definition) is 4. The van der Waals surface area contributed by atoms with Crippen molar-refractivity contribution < 1.29 is 39.5 Å². The summed E-state index contributed by atoms with van der Waals surface area (Å²) in [6, 6.07) is 1.69. The van der Waals surface area contributed by atoms with Crippen molar-refractivity contribution in [3.8, 4) is 17.2 Å². The lowest BCUT2D eigenvalue weighted by Crippen LogP contribution is -2.03. The third-order valence-electron chi connectivity index (χ3n) is 2.05. The van der Waals surface area contributed by atoms with Crippen molar-refractivity contribution in [1.82, 2.24) is 0 Å². The second-order valence-electron chi connectivity index (χ2n) is 3.49. The van der Waals surface area contributed by atoms with E-state index in [1.165, 1.54) is 7.11 Å². The molecule has 0 radical (unpaired) electrons. The molecule has 1 rings (SSSR count). The van der Waals surface area contributed by atoms with Crippen LogP contribution in [-0.4, -0.2) is 53.2 Å². The van der Waals surface area contributed by atoms with Gasteiger partial charge in [0.25, 0.3) is 0 Å². The molecule has 0 fully saturated rings. The number of phenols is 3. The van der Waals surface area contributed by atoms with Crippen LogP contribution in [0.1, 0.15) is 16.8 Å². The van der Waals surface area contributed by atoms with Crippen LogP contribution in [0.15, 0.2) is 12.1 Å². The number of carbonyl (C=O) groups is 2. The summed E-state index contributed by atoms with van der Waals surface area (Å²) in [4.78, 5) is 20.6. The number of carboxylic acids is 1. The molecule has 1 aromatic carbocycles. The van der Waals surface area contributed by atoms with Crippen molar-refractivity contribution in [3.63, 3.8) is 0 Å². The fourth-order valence-electron chi connectivity index (χ4n) is 1.02. The van der Waals surface area contributed by atoms with Gasteiger partial charge in [-0.2, -0.15) is 0 Å². The summed E-state index contributed by atoms with van der Waals surface area (Å²) in [6.45, 7) is 0.437. The van der Waals surface area contributed by atoms with Crippen LogP contribution in [-0.2, 0) is 14.3 Å². The van der Waals surface area contributed by atoms with Crippen molar-refractivity contribution in [2.45, 2.75) is 6.42 Å². The third kappa shape index (κ3) is 5.91. The number of carbonyl (C=O) groups excluding carboxylic acids is 1. The number of benzene rings is 1. The van der Waals surface area contributed by atoms with Gasteiger partial charge in [-0.15, -0.1) is 0 Å². The van der Waals surface area contributed by atoms with Gasteiger partial charge in [0.1, 0.15) is 0 Å². The Morgan fingerprint density at radius 1 is 1.10 bits per heavy atom.